The van der Waals surface area contributed by atoms with Gasteiger partial charge >= 0.3 is 20.2 Å². The highest BCUT2D eigenvalue weighted by molar-refractivity contribution is 7.48. The Kier molecular flexibility index (Phi) is 4.69. The van der Waals surface area contributed by atoms with Crippen LogP contribution in [0.5, 0.6) is 0 Å². The zero-order valence-corrected chi connectivity index (χ0v) is 9.65. The SMILES string of the molecule is O=P1(OC(C(F)(F)F)C(F)(F)F)OCCCCO1. The molecule has 0 saturated carbocycles. The summed E-state index contributed by atoms with van der Waals surface area (Å²) in [5.74, 6) is 0. The lowest BCUT2D eigenvalue weighted by atomic mass is 10.3. The zero-order valence-electron chi connectivity index (χ0n) is 8.75. The molecule has 0 radical (unpaired) electrons. The first kappa shape index (κ1) is 15.7. The van der Waals surface area contributed by atoms with Crippen molar-refractivity contribution in [1.82, 2.24) is 0 Å². The molecule has 0 aromatic heterocycles. The van der Waals surface area contributed by atoms with Crippen LogP contribution in [-0.2, 0) is 18.1 Å². The standard InChI is InChI=1S/C7H9F6O4P/c8-6(9,10)5(7(11,12)13)17-18(14)15-3-1-2-4-16-18/h5H,1-4H2. The first-order valence-electron chi connectivity index (χ1n) is 4.75. The van der Waals surface area contributed by atoms with Gasteiger partial charge in [-0.05, 0) is 12.8 Å². The summed E-state index contributed by atoms with van der Waals surface area (Å²) in [7, 11) is -4.85. The average molecular weight is 302 g/mol. The first-order chi connectivity index (χ1) is 8.05. The smallest absolute Gasteiger partial charge is 0.287 e. The van der Waals surface area contributed by atoms with Crippen molar-refractivity contribution >= 4 is 7.82 Å². The molecule has 1 fully saturated rings. The van der Waals surface area contributed by atoms with Crippen molar-refractivity contribution in [2.45, 2.75) is 31.3 Å². The summed E-state index contributed by atoms with van der Waals surface area (Å²) in [5.41, 5.74) is 0. The van der Waals surface area contributed by atoms with Crippen molar-refractivity contribution in [3.05, 3.63) is 0 Å². The molecule has 0 N–H and O–H groups in total. The Bertz CT molecular complexity index is 301. The van der Waals surface area contributed by atoms with E-state index in [-0.39, 0.29) is 13.2 Å². The summed E-state index contributed by atoms with van der Waals surface area (Å²) in [4.78, 5) is 0. The fraction of sp³-hybridized carbons (Fsp3) is 1.00. The molecule has 0 aromatic carbocycles. The Morgan fingerprint density at radius 1 is 0.944 bits per heavy atom. The van der Waals surface area contributed by atoms with Gasteiger partial charge in [-0.25, -0.2) is 4.57 Å². The van der Waals surface area contributed by atoms with Gasteiger partial charge in [0, 0.05) is 0 Å². The van der Waals surface area contributed by atoms with Gasteiger partial charge in [-0.1, -0.05) is 0 Å². The second-order valence-corrected chi connectivity index (χ2v) is 5.01. The Morgan fingerprint density at radius 2 is 1.33 bits per heavy atom. The van der Waals surface area contributed by atoms with Gasteiger partial charge in [0.1, 0.15) is 0 Å². The van der Waals surface area contributed by atoms with Gasteiger partial charge in [-0.2, -0.15) is 26.3 Å². The van der Waals surface area contributed by atoms with Crippen LogP contribution in [0.1, 0.15) is 12.8 Å². The highest BCUT2D eigenvalue weighted by Crippen LogP contribution is 2.55. The highest BCUT2D eigenvalue weighted by atomic mass is 31.2. The van der Waals surface area contributed by atoms with Crippen LogP contribution in [0.4, 0.5) is 26.3 Å². The molecule has 0 amide bonds. The second kappa shape index (κ2) is 5.36. The highest BCUT2D eigenvalue weighted by Gasteiger charge is 2.61. The molecule has 1 saturated heterocycles. The molecule has 0 bridgehead atoms. The normalized spacial score (nSPS) is 21.9. The van der Waals surface area contributed by atoms with E-state index >= 15 is 0 Å². The molecule has 1 heterocycles. The number of phosphoric acid groups is 1. The molecule has 4 nitrogen and oxygen atoms in total. The Morgan fingerprint density at radius 3 is 1.67 bits per heavy atom. The molecule has 18 heavy (non-hydrogen) atoms. The van der Waals surface area contributed by atoms with E-state index in [2.05, 4.69) is 13.6 Å². The Hall–Kier alpha value is -0.310. The van der Waals surface area contributed by atoms with Gasteiger partial charge in [-0.3, -0.25) is 13.6 Å². The predicted molar refractivity (Wildman–Crippen MR) is 45.7 cm³/mol. The molecule has 0 aromatic rings. The minimum Gasteiger partial charge on any atom is -0.287 e. The lowest BCUT2D eigenvalue weighted by Crippen LogP contribution is -2.43. The lowest BCUT2D eigenvalue weighted by molar-refractivity contribution is -0.303. The molecule has 0 aliphatic carbocycles. The summed E-state index contributed by atoms with van der Waals surface area (Å²) < 4.78 is 96.7. The second-order valence-electron chi connectivity index (χ2n) is 3.39. The molecule has 0 atom stereocenters. The van der Waals surface area contributed by atoms with Crippen molar-refractivity contribution in [3.8, 4) is 0 Å². The molecule has 0 spiro atoms. The van der Waals surface area contributed by atoms with Crippen LogP contribution in [-0.4, -0.2) is 31.7 Å². The number of hydrogen-bond acceptors (Lipinski definition) is 4. The summed E-state index contributed by atoms with van der Waals surface area (Å²) in [6.45, 7) is -0.584. The predicted octanol–water partition coefficient (Wildman–Crippen LogP) is 3.43. The summed E-state index contributed by atoms with van der Waals surface area (Å²) in [6, 6.07) is 0. The van der Waals surface area contributed by atoms with Gasteiger partial charge in [0.15, 0.2) is 0 Å². The topological polar surface area (TPSA) is 44.8 Å². The average Bonchev–Trinajstić information content (AvgIpc) is 2.37. The van der Waals surface area contributed by atoms with Gasteiger partial charge < -0.3 is 0 Å². The minimum atomic E-state index is -5.76. The number of hydrogen-bond donors (Lipinski definition) is 0. The third kappa shape index (κ3) is 4.42. The quantitative estimate of drug-likeness (QED) is 0.579. The molecule has 108 valence electrons. The van der Waals surface area contributed by atoms with Crippen molar-refractivity contribution in [2.24, 2.45) is 0 Å². The van der Waals surface area contributed by atoms with Crippen LogP contribution >= 0.6 is 7.82 Å². The van der Waals surface area contributed by atoms with Crippen LogP contribution in [0.15, 0.2) is 0 Å². The van der Waals surface area contributed by atoms with E-state index < -0.39 is 26.3 Å². The van der Waals surface area contributed by atoms with Gasteiger partial charge in [0.25, 0.3) is 6.10 Å². The third-order valence-electron chi connectivity index (χ3n) is 1.87. The monoisotopic (exact) mass is 302 g/mol. The third-order valence-corrected chi connectivity index (χ3v) is 3.33. The molecule has 1 rings (SSSR count). The summed E-state index contributed by atoms with van der Waals surface area (Å²) in [6.07, 6.45) is -15.1. The van der Waals surface area contributed by atoms with Crippen molar-refractivity contribution in [3.63, 3.8) is 0 Å². The Labute approximate surface area is 97.8 Å². The molecular formula is C7H9F6O4P. The molecule has 11 heteroatoms. The summed E-state index contributed by atoms with van der Waals surface area (Å²) in [5, 5.41) is 0. The zero-order chi connectivity index (χ0) is 14.0. The van der Waals surface area contributed by atoms with E-state index in [0.29, 0.717) is 12.8 Å². The van der Waals surface area contributed by atoms with Crippen molar-refractivity contribution in [1.29, 1.82) is 0 Å². The van der Waals surface area contributed by atoms with Crippen LogP contribution in [0.2, 0.25) is 0 Å². The van der Waals surface area contributed by atoms with E-state index in [1.54, 1.807) is 0 Å². The maximum absolute atomic E-state index is 12.2. The number of phosphoric ester groups is 1. The molecule has 1 aliphatic heterocycles. The van der Waals surface area contributed by atoms with E-state index in [4.69, 9.17) is 0 Å². The number of halogens is 6. The van der Waals surface area contributed by atoms with E-state index in [1.165, 1.54) is 0 Å². The van der Waals surface area contributed by atoms with Gasteiger partial charge in [0.2, 0.25) is 0 Å². The van der Waals surface area contributed by atoms with E-state index in [1.807, 2.05) is 0 Å². The first-order valence-corrected chi connectivity index (χ1v) is 6.22. The van der Waals surface area contributed by atoms with Crippen LogP contribution in [0.3, 0.4) is 0 Å². The molecular weight excluding hydrogens is 293 g/mol. The van der Waals surface area contributed by atoms with Crippen LogP contribution in [0.25, 0.3) is 0 Å². The number of alkyl halides is 6. The van der Waals surface area contributed by atoms with E-state index in [9.17, 15) is 30.9 Å². The summed E-state index contributed by atoms with van der Waals surface area (Å²) >= 11 is 0. The maximum Gasteiger partial charge on any atom is 0.475 e. The lowest BCUT2D eigenvalue weighted by Gasteiger charge is -2.25. The van der Waals surface area contributed by atoms with Crippen LogP contribution in [0, 0.1) is 0 Å². The van der Waals surface area contributed by atoms with Gasteiger partial charge in [0.05, 0.1) is 13.2 Å². The minimum absolute atomic E-state index is 0.292. The van der Waals surface area contributed by atoms with E-state index in [0.717, 1.165) is 0 Å². The van der Waals surface area contributed by atoms with Crippen molar-refractivity contribution < 1.29 is 44.5 Å². The number of rotatable bonds is 2. The fourth-order valence-electron chi connectivity index (χ4n) is 1.09. The Balaban J connectivity index is 2.86. The molecule has 0 unspecified atom stereocenters. The largest absolute Gasteiger partial charge is 0.475 e. The maximum atomic E-state index is 12.2. The van der Waals surface area contributed by atoms with Crippen molar-refractivity contribution in [2.75, 3.05) is 13.2 Å². The molecule has 1 aliphatic rings. The van der Waals surface area contributed by atoms with Gasteiger partial charge in [-0.15, -0.1) is 0 Å². The fourth-order valence-corrected chi connectivity index (χ4v) is 2.49. The van der Waals surface area contributed by atoms with Crippen LogP contribution < -0.4 is 0 Å².